The molecule has 1 fully saturated rings. The Morgan fingerprint density at radius 3 is 2.31 bits per heavy atom. The number of hydrogen-bond acceptors (Lipinski definition) is 2. The maximum atomic E-state index is 11.2. The average Bonchev–Trinajstić information content (AvgIpc) is 2.17. The standard InChI is InChI=1S/C10H19NO2/c1-8-4-6-9(7-5-8)11(2)10(12)13-3/h8-9H,4-7H2,1-3H3. The minimum Gasteiger partial charge on any atom is -0.453 e. The molecule has 1 aliphatic rings. The summed E-state index contributed by atoms with van der Waals surface area (Å²) in [6.45, 7) is 2.27. The zero-order chi connectivity index (χ0) is 9.84. The molecule has 76 valence electrons. The molecule has 1 aliphatic carbocycles. The van der Waals surface area contributed by atoms with Crippen LogP contribution in [0, 0.1) is 5.92 Å². The van der Waals surface area contributed by atoms with E-state index >= 15 is 0 Å². The van der Waals surface area contributed by atoms with Gasteiger partial charge in [-0.15, -0.1) is 0 Å². The summed E-state index contributed by atoms with van der Waals surface area (Å²) in [5.74, 6) is 0.822. The minimum atomic E-state index is -0.209. The molecule has 13 heavy (non-hydrogen) atoms. The number of ether oxygens (including phenoxy) is 1. The molecule has 0 unspecified atom stereocenters. The van der Waals surface area contributed by atoms with Crippen LogP contribution in [-0.4, -0.2) is 31.2 Å². The van der Waals surface area contributed by atoms with Gasteiger partial charge in [-0.1, -0.05) is 6.92 Å². The lowest BCUT2D eigenvalue weighted by Crippen LogP contribution is -2.39. The van der Waals surface area contributed by atoms with Crippen molar-refractivity contribution >= 4 is 6.09 Å². The largest absolute Gasteiger partial charge is 0.453 e. The third kappa shape index (κ3) is 2.61. The van der Waals surface area contributed by atoms with Crippen molar-refractivity contribution in [3.05, 3.63) is 0 Å². The number of nitrogens with zero attached hydrogens (tertiary/aromatic N) is 1. The van der Waals surface area contributed by atoms with Gasteiger partial charge in [0.2, 0.25) is 0 Å². The fourth-order valence-corrected chi connectivity index (χ4v) is 1.92. The summed E-state index contributed by atoms with van der Waals surface area (Å²) in [4.78, 5) is 12.9. The van der Waals surface area contributed by atoms with Gasteiger partial charge in [0.05, 0.1) is 7.11 Å². The van der Waals surface area contributed by atoms with Crippen LogP contribution < -0.4 is 0 Å². The number of methoxy groups -OCH3 is 1. The highest BCUT2D eigenvalue weighted by Crippen LogP contribution is 2.26. The normalized spacial score (nSPS) is 28.2. The van der Waals surface area contributed by atoms with E-state index in [1.54, 1.807) is 4.90 Å². The van der Waals surface area contributed by atoms with E-state index in [0.717, 1.165) is 18.8 Å². The van der Waals surface area contributed by atoms with Crippen LogP contribution in [0.15, 0.2) is 0 Å². The number of amides is 1. The lowest BCUT2D eigenvalue weighted by Gasteiger charge is -2.32. The van der Waals surface area contributed by atoms with Crippen LogP contribution in [0.2, 0.25) is 0 Å². The van der Waals surface area contributed by atoms with Gasteiger partial charge in [0, 0.05) is 13.1 Å². The van der Waals surface area contributed by atoms with E-state index in [9.17, 15) is 4.79 Å². The van der Waals surface area contributed by atoms with Crippen LogP contribution in [0.25, 0.3) is 0 Å². The summed E-state index contributed by atoms with van der Waals surface area (Å²) in [7, 11) is 3.26. The summed E-state index contributed by atoms with van der Waals surface area (Å²) in [6, 6.07) is 0.392. The number of carbonyl (C=O) groups excluding carboxylic acids is 1. The van der Waals surface area contributed by atoms with Crippen LogP contribution in [0.4, 0.5) is 4.79 Å². The van der Waals surface area contributed by atoms with Gasteiger partial charge >= 0.3 is 6.09 Å². The first-order valence-corrected chi connectivity index (χ1v) is 4.96. The molecule has 1 amide bonds. The van der Waals surface area contributed by atoms with Gasteiger partial charge in [-0.2, -0.15) is 0 Å². The summed E-state index contributed by atoms with van der Waals surface area (Å²) in [5.41, 5.74) is 0. The van der Waals surface area contributed by atoms with Crippen LogP contribution in [0.1, 0.15) is 32.6 Å². The Balaban J connectivity index is 2.39. The van der Waals surface area contributed by atoms with E-state index in [1.165, 1.54) is 20.0 Å². The SMILES string of the molecule is COC(=O)N(C)C1CCC(C)CC1. The molecule has 0 bridgehead atoms. The Labute approximate surface area is 80.1 Å². The maximum Gasteiger partial charge on any atom is 0.409 e. The van der Waals surface area contributed by atoms with Crippen molar-refractivity contribution in [2.75, 3.05) is 14.2 Å². The molecule has 3 nitrogen and oxygen atoms in total. The Hall–Kier alpha value is -0.730. The molecule has 1 saturated carbocycles. The Bertz CT molecular complexity index is 174. The molecule has 0 aromatic rings. The highest BCUT2D eigenvalue weighted by molar-refractivity contribution is 5.67. The zero-order valence-corrected chi connectivity index (χ0v) is 8.75. The first-order valence-electron chi connectivity index (χ1n) is 4.96. The molecule has 0 aromatic carbocycles. The Kier molecular flexibility index (Phi) is 3.58. The van der Waals surface area contributed by atoms with Crippen LogP contribution in [0.3, 0.4) is 0 Å². The van der Waals surface area contributed by atoms with Crippen molar-refractivity contribution in [2.24, 2.45) is 5.92 Å². The second-order valence-electron chi connectivity index (χ2n) is 3.99. The Morgan fingerprint density at radius 1 is 1.31 bits per heavy atom. The summed E-state index contributed by atoms with van der Waals surface area (Å²) >= 11 is 0. The molecule has 0 N–H and O–H groups in total. The van der Waals surface area contributed by atoms with Crippen LogP contribution >= 0.6 is 0 Å². The quantitative estimate of drug-likeness (QED) is 0.627. The van der Waals surface area contributed by atoms with Gasteiger partial charge < -0.3 is 9.64 Å². The van der Waals surface area contributed by atoms with Gasteiger partial charge in [-0.3, -0.25) is 0 Å². The summed E-state index contributed by atoms with van der Waals surface area (Å²) in [6.07, 6.45) is 4.48. The van der Waals surface area contributed by atoms with Crippen molar-refractivity contribution in [2.45, 2.75) is 38.6 Å². The topological polar surface area (TPSA) is 29.5 Å². The number of rotatable bonds is 1. The number of hydrogen-bond donors (Lipinski definition) is 0. The maximum absolute atomic E-state index is 11.2. The zero-order valence-electron chi connectivity index (χ0n) is 8.75. The highest BCUT2D eigenvalue weighted by Gasteiger charge is 2.24. The van der Waals surface area contributed by atoms with Gasteiger partial charge in [0.1, 0.15) is 0 Å². The van der Waals surface area contributed by atoms with Crippen molar-refractivity contribution in [1.29, 1.82) is 0 Å². The van der Waals surface area contributed by atoms with Crippen molar-refractivity contribution in [3.8, 4) is 0 Å². The monoisotopic (exact) mass is 185 g/mol. The predicted molar refractivity (Wildman–Crippen MR) is 51.6 cm³/mol. The van der Waals surface area contributed by atoms with E-state index in [0.29, 0.717) is 6.04 Å². The molecular weight excluding hydrogens is 166 g/mol. The van der Waals surface area contributed by atoms with E-state index in [2.05, 4.69) is 11.7 Å². The molecule has 0 atom stereocenters. The van der Waals surface area contributed by atoms with Crippen molar-refractivity contribution in [1.82, 2.24) is 4.90 Å². The van der Waals surface area contributed by atoms with E-state index in [4.69, 9.17) is 0 Å². The minimum absolute atomic E-state index is 0.209. The second kappa shape index (κ2) is 4.49. The van der Waals surface area contributed by atoms with Gasteiger partial charge in [0.15, 0.2) is 0 Å². The van der Waals surface area contributed by atoms with Crippen LogP contribution in [0.5, 0.6) is 0 Å². The molecule has 0 spiro atoms. The van der Waals surface area contributed by atoms with E-state index in [1.807, 2.05) is 7.05 Å². The molecule has 0 heterocycles. The van der Waals surface area contributed by atoms with Gasteiger partial charge in [-0.25, -0.2) is 4.79 Å². The molecule has 3 heteroatoms. The molecular formula is C10H19NO2. The van der Waals surface area contributed by atoms with E-state index in [-0.39, 0.29) is 6.09 Å². The first kappa shape index (κ1) is 10.4. The van der Waals surface area contributed by atoms with Gasteiger partial charge in [0.25, 0.3) is 0 Å². The molecule has 0 aliphatic heterocycles. The molecule has 1 rings (SSSR count). The third-order valence-corrected chi connectivity index (χ3v) is 3.00. The molecule has 0 saturated heterocycles. The molecule has 0 aromatic heterocycles. The number of carbonyl (C=O) groups is 1. The summed E-state index contributed by atoms with van der Waals surface area (Å²) in [5, 5.41) is 0. The lowest BCUT2D eigenvalue weighted by molar-refractivity contribution is 0.103. The fraction of sp³-hybridized carbons (Fsp3) is 0.900. The fourth-order valence-electron chi connectivity index (χ4n) is 1.92. The van der Waals surface area contributed by atoms with Crippen LogP contribution in [-0.2, 0) is 4.74 Å². The predicted octanol–water partition coefficient (Wildman–Crippen LogP) is 2.26. The second-order valence-corrected chi connectivity index (χ2v) is 3.99. The van der Waals surface area contributed by atoms with Crippen molar-refractivity contribution < 1.29 is 9.53 Å². The Morgan fingerprint density at radius 2 is 1.85 bits per heavy atom. The molecule has 0 radical (unpaired) electrons. The lowest BCUT2D eigenvalue weighted by atomic mass is 9.87. The summed E-state index contributed by atoms with van der Waals surface area (Å²) < 4.78 is 4.68. The van der Waals surface area contributed by atoms with Crippen molar-refractivity contribution in [3.63, 3.8) is 0 Å². The first-order chi connectivity index (χ1) is 6.15. The highest BCUT2D eigenvalue weighted by atomic mass is 16.5. The average molecular weight is 185 g/mol. The van der Waals surface area contributed by atoms with Gasteiger partial charge in [-0.05, 0) is 31.6 Å². The van der Waals surface area contributed by atoms with E-state index < -0.39 is 0 Å². The third-order valence-electron chi connectivity index (χ3n) is 3.00. The smallest absolute Gasteiger partial charge is 0.409 e.